The molecule has 2 nitrogen and oxygen atoms in total. The SMILES string of the molecule is CCC(CC)(C(Cc1ccc(F)cc1)NC)N1CCCC1. The van der Waals surface area contributed by atoms with Crippen LogP contribution in [0.3, 0.4) is 0 Å². The molecule has 0 spiro atoms. The Kier molecular flexibility index (Phi) is 5.77. The molecule has 0 bridgehead atoms. The van der Waals surface area contributed by atoms with Crippen LogP contribution >= 0.6 is 0 Å². The number of likely N-dealkylation sites (N-methyl/N-ethyl adjacent to an activating group) is 1. The lowest BCUT2D eigenvalue weighted by molar-refractivity contribution is 0.0650. The van der Waals surface area contributed by atoms with Crippen LogP contribution in [-0.4, -0.2) is 36.6 Å². The number of nitrogens with one attached hydrogen (secondary N) is 1. The maximum Gasteiger partial charge on any atom is 0.123 e. The number of likely N-dealkylation sites (tertiary alicyclic amines) is 1. The highest BCUT2D eigenvalue weighted by Gasteiger charge is 2.41. The number of nitrogens with zero attached hydrogens (tertiary/aromatic N) is 1. The van der Waals surface area contributed by atoms with E-state index in [0.717, 1.165) is 19.3 Å². The molecule has 0 aliphatic carbocycles. The van der Waals surface area contributed by atoms with E-state index in [1.807, 2.05) is 12.1 Å². The van der Waals surface area contributed by atoms with Gasteiger partial charge in [0, 0.05) is 11.6 Å². The first kappa shape index (κ1) is 16.4. The smallest absolute Gasteiger partial charge is 0.123 e. The van der Waals surface area contributed by atoms with Gasteiger partial charge >= 0.3 is 0 Å². The van der Waals surface area contributed by atoms with Gasteiger partial charge in [0.05, 0.1) is 0 Å². The maximum atomic E-state index is 13.1. The first-order valence-corrected chi connectivity index (χ1v) is 8.33. The second kappa shape index (κ2) is 7.37. The molecule has 1 N–H and O–H groups in total. The third-order valence-corrected chi connectivity index (χ3v) is 5.31. The Labute approximate surface area is 128 Å². The summed E-state index contributed by atoms with van der Waals surface area (Å²) in [6.07, 6.45) is 5.88. The van der Waals surface area contributed by atoms with Crippen molar-refractivity contribution in [1.82, 2.24) is 10.2 Å². The fraction of sp³-hybridized carbons (Fsp3) is 0.667. The van der Waals surface area contributed by atoms with Gasteiger partial charge in [-0.15, -0.1) is 0 Å². The van der Waals surface area contributed by atoms with E-state index in [9.17, 15) is 4.39 Å². The molecule has 1 atom stereocenters. The van der Waals surface area contributed by atoms with Crippen LogP contribution in [0, 0.1) is 5.82 Å². The predicted octanol–water partition coefficient (Wildman–Crippen LogP) is 3.61. The van der Waals surface area contributed by atoms with Gasteiger partial charge < -0.3 is 5.32 Å². The molecule has 1 fully saturated rings. The lowest BCUT2D eigenvalue weighted by atomic mass is 9.80. The van der Waals surface area contributed by atoms with E-state index >= 15 is 0 Å². The van der Waals surface area contributed by atoms with E-state index < -0.39 is 0 Å². The fourth-order valence-electron chi connectivity index (χ4n) is 3.99. The van der Waals surface area contributed by atoms with Gasteiger partial charge in [-0.05, 0) is 69.9 Å². The third kappa shape index (κ3) is 3.46. The molecule has 1 aliphatic heterocycles. The molecule has 0 saturated carbocycles. The van der Waals surface area contributed by atoms with Crippen LogP contribution in [0.5, 0.6) is 0 Å². The highest BCUT2D eigenvalue weighted by atomic mass is 19.1. The number of hydrogen-bond acceptors (Lipinski definition) is 2. The summed E-state index contributed by atoms with van der Waals surface area (Å²) in [6.45, 7) is 7.03. The van der Waals surface area contributed by atoms with Crippen LogP contribution in [0.1, 0.15) is 45.1 Å². The first-order valence-electron chi connectivity index (χ1n) is 8.33. The van der Waals surface area contributed by atoms with Crippen LogP contribution in [0.25, 0.3) is 0 Å². The Morgan fingerprint density at radius 1 is 1.14 bits per heavy atom. The lowest BCUT2D eigenvalue weighted by Gasteiger charge is -2.47. The predicted molar refractivity (Wildman–Crippen MR) is 87.1 cm³/mol. The molecule has 1 heterocycles. The van der Waals surface area contributed by atoms with Gasteiger partial charge in [-0.3, -0.25) is 4.90 Å². The highest BCUT2D eigenvalue weighted by Crippen LogP contribution is 2.33. The quantitative estimate of drug-likeness (QED) is 0.826. The average Bonchev–Trinajstić information content (AvgIpc) is 3.04. The normalized spacial score (nSPS) is 18.1. The standard InChI is InChI=1S/C18H29FN2/c1-4-18(5-2,21-12-6-7-13-21)17(20-3)14-15-8-10-16(19)11-9-15/h8-11,17,20H,4-7,12-14H2,1-3H3. The second-order valence-electron chi connectivity index (χ2n) is 6.18. The lowest BCUT2D eigenvalue weighted by Crippen LogP contribution is -2.60. The summed E-state index contributed by atoms with van der Waals surface area (Å²) in [5.41, 5.74) is 1.42. The van der Waals surface area contributed by atoms with Gasteiger partial charge in [-0.1, -0.05) is 26.0 Å². The Bertz CT molecular complexity index is 419. The van der Waals surface area contributed by atoms with Crippen LogP contribution in [0.15, 0.2) is 24.3 Å². The molecule has 1 aromatic rings. The molecule has 1 aliphatic rings. The van der Waals surface area contributed by atoms with Crippen LogP contribution < -0.4 is 5.32 Å². The average molecular weight is 292 g/mol. The van der Waals surface area contributed by atoms with E-state index in [1.165, 1.54) is 31.5 Å². The minimum Gasteiger partial charge on any atom is -0.315 e. The summed E-state index contributed by atoms with van der Waals surface area (Å²) < 4.78 is 13.1. The van der Waals surface area contributed by atoms with E-state index in [1.54, 1.807) is 12.1 Å². The van der Waals surface area contributed by atoms with Crippen LogP contribution in [-0.2, 0) is 6.42 Å². The zero-order chi connectivity index (χ0) is 15.3. The van der Waals surface area contributed by atoms with Crippen LogP contribution in [0.2, 0.25) is 0 Å². The molecule has 0 aromatic heterocycles. The molecule has 1 saturated heterocycles. The highest BCUT2D eigenvalue weighted by molar-refractivity contribution is 5.19. The zero-order valence-electron chi connectivity index (χ0n) is 13.7. The fourth-order valence-corrected chi connectivity index (χ4v) is 3.99. The molecular formula is C18H29FN2. The molecular weight excluding hydrogens is 263 g/mol. The largest absolute Gasteiger partial charge is 0.315 e. The number of rotatable bonds is 7. The maximum absolute atomic E-state index is 13.1. The summed E-state index contributed by atoms with van der Waals surface area (Å²) in [5.74, 6) is -0.156. The molecule has 118 valence electrons. The zero-order valence-corrected chi connectivity index (χ0v) is 13.7. The molecule has 21 heavy (non-hydrogen) atoms. The summed E-state index contributed by atoms with van der Waals surface area (Å²) in [6, 6.07) is 7.37. The molecule has 3 heteroatoms. The van der Waals surface area contributed by atoms with Crippen molar-refractivity contribution < 1.29 is 4.39 Å². The van der Waals surface area contributed by atoms with Gasteiger partial charge in [0.15, 0.2) is 0 Å². The molecule has 2 rings (SSSR count). The van der Waals surface area contributed by atoms with E-state index in [2.05, 4.69) is 31.1 Å². The summed E-state index contributed by atoms with van der Waals surface area (Å²) >= 11 is 0. The number of halogens is 1. The minimum absolute atomic E-state index is 0.156. The first-order chi connectivity index (χ1) is 10.2. The van der Waals surface area contributed by atoms with Gasteiger partial charge in [-0.2, -0.15) is 0 Å². The second-order valence-corrected chi connectivity index (χ2v) is 6.18. The summed E-state index contributed by atoms with van der Waals surface area (Å²) in [7, 11) is 2.06. The Morgan fingerprint density at radius 2 is 1.71 bits per heavy atom. The van der Waals surface area contributed by atoms with Crippen molar-refractivity contribution in [2.45, 2.75) is 57.5 Å². The number of benzene rings is 1. The van der Waals surface area contributed by atoms with E-state index in [-0.39, 0.29) is 11.4 Å². The van der Waals surface area contributed by atoms with Gasteiger partial charge in [0.2, 0.25) is 0 Å². The Morgan fingerprint density at radius 3 is 2.19 bits per heavy atom. The Balaban J connectivity index is 2.20. The monoisotopic (exact) mass is 292 g/mol. The van der Waals surface area contributed by atoms with Gasteiger partial charge in [-0.25, -0.2) is 4.39 Å². The molecule has 1 aromatic carbocycles. The minimum atomic E-state index is -0.156. The van der Waals surface area contributed by atoms with Crippen LogP contribution in [0.4, 0.5) is 4.39 Å². The van der Waals surface area contributed by atoms with Gasteiger partial charge in [0.1, 0.15) is 5.82 Å². The van der Waals surface area contributed by atoms with Crippen molar-refractivity contribution in [1.29, 1.82) is 0 Å². The van der Waals surface area contributed by atoms with Crippen molar-refractivity contribution in [2.75, 3.05) is 20.1 Å². The molecule has 0 amide bonds. The molecule has 0 radical (unpaired) electrons. The van der Waals surface area contributed by atoms with Crippen molar-refractivity contribution in [3.05, 3.63) is 35.6 Å². The van der Waals surface area contributed by atoms with Crippen molar-refractivity contribution in [3.63, 3.8) is 0 Å². The van der Waals surface area contributed by atoms with Crippen molar-refractivity contribution in [2.24, 2.45) is 0 Å². The topological polar surface area (TPSA) is 15.3 Å². The van der Waals surface area contributed by atoms with Crippen molar-refractivity contribution in [3.8, 4) is 0 Å². The Hall–Kier alpha value is -0.930. The van der Waals surface area contributed by atoms with E-state index in [4.69, 9.17) is 0 Å². The number of hydrogen-bond donors (Lipinski definition) is 1. The third-order valence-electron chi connectivity index (χ3n) is 5.31. The van der Waals surface area contributed by atoms with E-state index in [0.29, 0.717) is 6.04 Å². The van der Waals surface area contributed by atoms with Gasteiger partial charge in [0.25, 0.3) is 0 Å². The molecule has 1 unspecified atom stereocenters. The summed E-state index contributed by atoms with van der Waals surface area (Å²) in [4.78, 5) is 2.68. The summed E-state index contributed by atoms with van der Waals surface area (Å²) in [5, 5.41) is 3.55. The van der Waals surface area contributed by atoms with Crippen molar-refractivity contribution >= 4 is 0 Å².